The van der Waals surface area contributed by atoms with Crippen molar-refractivity contribution in [2.75, 3.05) is 5.32 Å². The molecular formula is C17H27ClFN. The van der Waals surface area contributed by atoms with E-state index in [1.807, 2.05) is 0 Å². The van der Waals surface area contributed by atoms with E-state index in [1.165, 1.54) is 44.6 Å². The summed E-state index contributed by atoms with van der Waals surface area (Å²) in [5, 5.41) is 3.80. The minimum atomic E-state index is -0.256. The fourth-order valence-corrected chi connectivity index (χ4v) is 2.63. The molecule has 1 rings (SSSR count). The molecule has 0 aliphatic rings. The molecule has 0 aliphatic carbocycles. The zero-order valence-corrected chi connectivity index (χ0v) is 13.5. The Morgan fingerprint density at radius 2 is 1.65 bits per heavy atom. The van der Waals surface area contributed by atoms with E-state index < -0.39 is 0 Å². The van der Waals surface area contributed by atoms with Crippen molar-refractivity contribution in [2.24, 2.45) is 0 Å². The molecule has 0 aliphatic heterocycles. The molecule has 3 heteroatoms. The van der Waals surface area contributed by atoms with E-state index in [4.69, 9.17) is 11.6 Å². The highest BCUT2D eigenvalue weighted by molar-refractivity contribution is 6.33. The van der Waals surface area contributed by atoms with Gasteiger partial charge in [0.25, 0.3) is 0 Å². The normalized spacial score (nSPS) is 11.1. The standard InChI is InChI=1S/C17H27ClFN/c1-3-5-7-10-14(11-8-6-4-2)20-17-15(18)12-9-13-16(17)19/h9,12-14,20H,3-8,10-11H2,1-2H3. The van der Waals surface area contributed by atoms with Gasteiger partial charge in [0, 0.05) is 6.04 Å². The Kier molecular flexibility index (Phi) is 8.68. The highest BCUT2D eigenvalue weighted by atomic mass is 35.5. The summed E-state index contributed by atoms with van der Waals surface area (Å²) in [4.78, 5) is 0. The summed E-state index contributed by atoms with van der Waals surface area (Å²) < 4.78 is 13.8. The van der Waals surface area contributed by atoms with E-state index in [0.29, 0.717) is 16.8 Å². The number of benzene rings is 1. The molecule has 0 bridgehead atoms. The number of anilines is 1. The number of nitrogens with one attached hydrogen (secondary N) is 1. The van der Waals surface area contributed by atoms with Gasteiger partial charge in [0.1, 0.15) is 5.82 Å². The molecule has 0 saturated heterocycles. The molecule has 1 aromatic rings. The number of rotatable bonds is 10. The topological polar surface area (TPSA) is 12.0 Å². The summed E-state index contributed by atoms with van der Waals surface area (Å²) in [7, 11) is 0. The van der Waals surface area contributed by atoms with Gasteiger partial charge in [-0.3, -0.25) is 0 Å². The molecular weight excluding hydrogens is 273 g/mol. The molecule has 0 aromatic heterocycles. The number of hydrogen-bond acceptors (Lipinski definition) is 1. The molecule has 0 fully saturated rings. The molecule has 20 heavy (non-hydrogen) atoms. The van der Waals surface area contributed by atoms with Crippen LogP contribution in [0.1, 0.15) is 65.2 Å². The first-order valence-electron chi connectivity index (χ1n) is 7.89. The first kappa shape index (κ1) is 17.3. The maximum atomic E-state index is 13.8. The lowest BCUT2D eigenvalue weighted by molar-refractivity contribution is 0.522. The van der Waals surface area contributed by atoms with Gasteiger partial charge in [-0.2, -0.15) is 0 Å². The van der Waals surface area contributed by atoms with Gasteiger partial charge in [-0.05, 0) is 25.0 Å². The van der Waals surface area contributed by atoms with Gasteiger partial charge in [-0.1, -0.05) is 70.0 Å². The van der Waals surface area contributed by atoms with E-state index >= 15 is 0 Å². The van der Waals surface area contributed by atoms with Crippen LogP contribution in [-0.2, 0) is 0 Å². The van der Waals surface area contributed by atoms with E-state index in [1.54, 1.807) is 12.1 Å². The molecule has 0 amide bonds. The van der Waals surface area contributed by atoms with E-state index in [0.717, 1.165) is 12.8 Å². The molecule has 0 saturated carbocycles. The van der Waals surface area contributed by atoms with Crippen molar-refractivity contribution in [3.05, 3.63) is 29.0 Å². The Labute approximate surface area is 127 Å². The maximum Gasteiger partial charge on any atom is 0.147 e. The fourth-order valence-electron chi connectivity index (χ4n) is 2.41. The van der Waals surface area contributed by atoms with Gasteiger partial charge < -0.3 is 5.32 Å². The van der Waals surface area contributed by atoms with Crippen LogP contribution in [-0.4, -0.2) is 6.04 Å². The molecule has 0 atom stereocenters. The van der Waals surface area contributed by atoms with Crippen molar-refractivity contribution >= 4 is 17.3 Å². The van der Waals surface area contributed by atoms with Crippen LogP contribution in [0.25, 0.3) is 0 Å². The van der Waals surface area contributed by atoms with Gasteiger partial charge in [-0.25, -0.2) is 4.39 Å². The zero-order chi connectivity index (χ0) is 14.8. The minimum absolute atomic E-state index is 0.256. The molecule has 1 nitrogen and oxygen atoms in total. The predicted octanol–water partition coefficient (Wildman–Crippen LogP) is 6.42. The first-order chi connectivity index (χ1) is 9.69. The number of halogens is 2. The molecule has 0 heterocycles. The highest BCUT2D eigenvalue weighted by Crippen LogP contribution is 2.27. The summed E-state index contributed by atoms with van der Waals surface area (Å²) in [6, 6.07) is 5.17. The van der Waals surface area contributed by atoms with Crippen LogP contribution in [0.4, 0.5) is 10.1 Å². The van der Waals surface area contributed by atoms with Crippen LogP contribution in [0.5, 0.6) is 0 Å². The van der Waals surface area contributed by atoms with Crippen molar-refractivity contribution in [2.45, 2.75) is 71.3 Å². The van der Waals surface area contributed by atoms with Gasteiger partial charge in [0.05, 0.1) is 10.7 Å². The number of unbranched alkanes of at least 4 members (excludes halogenated alkanes) is 4. The average molecular weight is 300 g/mol. The van der Waals surface area contributed by atoms with Gasteiger partial charge in [0.2, 0.25) is 0 Å². The molecule has 0 radical (unpaired) electrons. The van der Waals surface area contributed by atoms with Crippen molar-refractivity contribution in [3.63, 3.8) is 0 Å². The number of hydrogen-bond donors (Lipinski definition) is 1. The summed E-state index contributed by atoms with van der Waals surface area (Å²) in [5.74, 6) is -0.256. The molecule has 0 unspecified atom stereocenters. The van der Waals surface area contributed by atoms with Crippen molar-refractivity contribution in [1.29, 1.82) is 0 Å². The lowest BCUT2D eigenvalue weighted by atomic mass is 10.0. The summed E-state index contributed by atoms with van der Waals surface area (Å²) in [5.41, 5.74) is 0.465. The highest BCUT2D eigenvalue weighted by Gasteiger charge is 2.13. The van der Waals surface area contributed by atoms with Crippen LogP contribution < -0.4 is 5.32 Å². The first-order valence-corrected chi connectivity index (χ1v) is 8.27. The monoisotopic (exact) mass is 299 g/mol. The Hall–Kier alpha value is -0.760. The Balaban J connectivity index is 2.61. The van der Waals surface area contributed by atoms with E-state index in [2.05, 4.69) is 19.2 Å². The smallest absolute Gasteiger partial charge is 0.147 e. The summed E-state index contributed by atoms with van der Waals surface area (Å²) >= 11 is 6.09. The van der Waals surface area contributed by atoms with Gasteiger partial charge in [-0.15, -0.1) is 0 Å². The third-order valence-electron chi connectivity index (χ3n) is 3.62. The second-order valence-electron chi connectivity index (χ2n) is 5.43. The molecule has 1 aromatic carbocycles. The summed E-state index contributed by atoms with van der Waals surface area (Å²) in [6.07, 6.45) is 9.43. The quantitative estimate of drug-likeness (QED) is 0.491. The lowest BCUT2D eigenvalue weighted by Crippen LogP contribution is -2.20. The van der Waals surface area contributed by atoms with Crippen LogP contribution >= 0.6 is 11.6 Å². The fraction of sp³-hybridized carbons (Fsp3) is 0.647. The molecule has 0 spiro atoms. The molecule has 1 N–H and O–H groups in total. The van der Waals surface area contributed by atoms with Crippen LogP contribution in [0.2, 0.25) is 5.02 Å². The van der Waals surface area contributed by atoms with Crippen molar-refractivity contribution in [3.8, 4) is 0 Å². The van der Waals surface area contributed by atoms with Crippen molar-refractivity contribution < 1.29 is 4.39 Å². The van der Waals surface area contributed by atoms with Gasteiger partial charge in [0.15, 0.2) is 0 Å². The minimum Gasteiger partial charge on any atom is -0.379 e. The van der Waals surface area contributed by atoms with Crippen LogP contribution in [0.3, 0.4) is 0 Å². The average Bonchev–Trinajstić information content (AvgIpc) is 2.43. The number of para-hydroxylation sites is 1. The van der Waals surface area contributed by atoms with Gasteiger partial charge >= 0.3 is 0 Å². The molecule has 114 valence electrons. The zero-order valence-electron chi connectivity index (χ0n) is 12.7. The van der Waals surface area contributed by atoms with Crippen molar-refractivity contribution in [1.82, 2.24) is 0 Å². The van der Waals surface area contributed by atoms with E-state index in [-0.39, 0.29) is 5.82 Å². The third-order valence-corrected chi connectivity index (χ3v) is 3.94. The van der Waals surface area contributed by atoms with E-state index in [9.17, 15) is 4.39 Å². The second-order valence-corrected chi connectivity index (χ2v) is 5.84. The SMILES string of the molecule is CCCCCC(CCCCC)Nc1c(F)cccc1Cl. The Morgan fingerprint density at radius 1 is 1.05 bits per heavy atom. The predicted molar refractivity (Wildman–Crippen MR) is 87.1 cm³/mol. The Bertz CT molecular complexity index is 351. The third kappa shape index (κ3) is 6.13. The maximum absolute atomic E-state index is 13.8. The largest absolute Gasteiger partial charge is 0.379 e. The lowest BCUT2D eigenvalue weighted by Gasteiger charge is -2.21. The summed E-state index contributed by atoms with van der Waals surface area (Å²) in [6.45, 7) is 4.40. The van der Waals surface area contributed by atoms with Crippen LogP contribution in [0.15, 0.2) is 18.2 Å². The second kappa shape index (κ2) is 10.0. The van der Waals surface area contributed by atoms with Crippen LogP contribution in [0, 0.1) is 5.82 Å². The Morgan fingerprint density at radius 3 is 2.15 bits per heavy atom.